The van der Waals surface area contributed by atoms with E-state index in [9.17, 15) is 13.2 Å². The van der Waals surface area contributed by atoms with Crippen LogP contribution >= 0.6 is 0 Å². The zero-order valence-electron chi connectivity index (χ0n) is 22.4. The summed E-state index contributed by atoms with van der Waals surface area (Å²) in [5.74, 6) is -0.958. The minimum absolute atomic E-state index is 0.0521. The number of rotatable bonds is 15. The summed E-state index contributed by atoms with van der Waals surface area (Å²) in [5, 5.41) is 0. The molecule has 1 saturated carbocycles. The summed E-state index contributed by atoms with van der Waals surface area (Å²) in [6.07, 6.45) is 19.2. The zero-order chi connectivity index (χ0) is 25.8. The monoisotopic (exact) mass is 502 g/mol. The molecule has 0 unspecified atom stereocenters. The Morgan fingerprint density at radius 2 is 1.36 bits per heavy atom. The minimum atomic E-state index is -1.03. The summed E-state index contributed by atoms with van der Waals surface area (Å²) in [4.78, 5) is 0. The van der Waals surface area contributed by atoms with Crippen molar-refractivity contribution in [3.05, 3.63) is 53.3 Å². The van der Waals surface area contributed by atoms with Crippen molar-refractivity contribution >= 4 is 0 Å². The molecule has 0 spiro atoms. The Balaban J connectivity index is 1.39. The van der Waals surface area contributed by atoms with E-state index in [1.807, 2.05) is 0 Å². The van der Waals surface area contributed by atoms with Gasteiger partial charge in [-0.05, 0) is 60.9 Å². The van der Waals surface area contributed by atoms with Crippen molar-refractivity contribution < 1.29 is 17.9 Å². The Bertz CT molecular complexity index is 918. The van der Waals surface area contributed by atoms with Gasteiger partial charge in [0.15, 0.2) is 11.6 Å². The fourth-order valence-corrected chi connectivity index (χ4v) is 5.67. The average molecular weight is 503 g/mol. The summed E-state index contributed by atoms with van der Waals surface area (Å²) in [6.45, 7) is 4.23. The lowest BCUT2D eigenvalue weighted by atomic mass is 9.77. The van der Waals surface area contributed by atoms with Gasteiger partial charge in [-0.2, -0.15) is 4.39 Å². The molecule has 4 heteroatoms. The van der Waals surface area contributed by atoms with Crippen molar-refractivity contribution in [2.45, 2.75) is 110 Å². The molecular weight excluding hydrogens is 457 g/mol. The second kappa shape index (κ2) is 15.3. The van der Waals surface area contributed by atoms with Gasteiger partial charge in [0.25, 0.3) is 0 Å². The van der Waals surface area contributed by atoms with Crippen LogP contribution in [0, 0.1) is 29.3 Å². The second-order valence-corrected chi connectivity index (χ2v) is 10.7. The largest absolute Gasteiger partial charge is 0.491 e. The molecule has 0 aliphatic heterocycles. The van der Waals surface area contributed by atoms with Crippen LogP contribution in [0.25, 0.3) is 11.1 Å². The summed E-state index contributed by atoms with van der Waals surface area (Å²) in [5.41, 5.74) is 1.06. The molecule has 1 aliphatic rings. The molecule has 0 N–H and O–H groups in total. The highest BCUT2D eigenvalue weighted by Crippen LogP contribution is 2.35. The van der Waals surface area contributed by atoms with E-state index >= 15 is 0 Å². The normalized spacial score (nSPS) is 17.9. The molecule has 1 aliphatic carbocycles. The first kappa shape index (κ1) is 28.6. The number of ether oxygens (including phenoxy) is 1. The Hall–Kier alpha value is -1.97. The van der Waals surface area contributed by atoms with Crippen LogP contribution in [0.1, 0.15) is 109 Å². The van der Waals surface area contributed by atoms with Gasteiger partial charge in [-0.25, -0.2) is 8.78 Å². The van der Waals surface area contributed by atoms with E-state index in [1.165, 1.54) is 102 Å². The topological polar surface area (TPSA) is 9.23 Å². The molecule has 0 amide bonds. The maximum Gasteiger partial charge on any atom is 0.201 e. The van der Waals surface area contributed by atoms with E-state index in [1.54, 1.807) is 19.1 Å². The summed E-state index contributed by atoms with van der Waals surface area (Å²) < 4.78 is 48.7. The highest BCUT2D eigenvalue weighted by atomic mass is 19.2. The van der Waals surface area contributed by atoms with Gasteiger partial charge in [0.1, 0.15) is 5.82 Å². The van der Waals surface area contributed by atoms with Gasteiger partial charge >= 0.3 is 0 Å². The van der Waals surface area contributed by atoms with Gasteiger partial charge in [-0.1, -0.05) is 103 Å². The predicted molar refractivity (Wildman–Crippen MR) is 144 cm³/mol. The van der Waals surface area contributed by atoms with E-state index in [2.05, 4.69) is 6.92 Å². The molecule has 0 aromatic heterocycles. The second-order valence-electron chi connectivity index (χ2n) is 10.7. The van der Waals surface area contributed by atoms with Crippen LogP contribution in [0.3, 0.4) is 0 Å². The summed E-state index contributed by atoms with van der Waals surface area (Å²) in [6, 6.07) is 7.59. The van der Waals surface area contributed by atoms with Crippen LogP contribution in [0.4, 0.5) is 13.2 Å². The Labute approximate surface area is 216 Å². The predicted octanol–water partition coefficient (Wildman–Crippen LogP) is 10.4. The third-order valence-electron chi connectivity index (χ3n) is 7.96. The summed E-state index contributed by atoms with van der Waals surface area (Å²) in [7, 11) is 0. The number of benzene rings is 2. The molecule has 0 heterocycles. The van der Waals surface area contributed by atoms with Crippen molar-refractivity contribution in [3.8, 4) is 16.9 Å². The molecule has 36 heavy (non-hydrogen) atoms. The Kier molecular flexibility index (Phi) is 12.2. The number of aryl methyl sites for hydroxylation is 1. The number of hydrogen-bond acceptors (Lipinski definition) is 1. The summed E-state index contributed by atoms with van der Waals surface area (Å²) >= 11 is 0. The maximum atomic E-state index is 14.8. The molecule has 0 bridgehead atoms. The first-order valence-corrected chi connectivity index (χ1v) is 14.4. The number of halogens is 3. The van der Waals surface area contributed by atoms with Crippen LogP contribution < -0.4 is 4.74 Å². The highest BCUT2D eigenvalue weighted by Gasteiger charge is 2.21. The van der Waals surface area contributed by atoms with Gasteiger partial charge in [0.2, 0.25) is 5.82 Å². The van der Waals surface area contributed by atoms with E-state index < -0.39 is 11.6 Å². The third-order valence-corrected chi connectivity index (χ3v) is 7.96. The number of hydrogen-bond donors (Lipinski definition) is 0. The molecule has 2 aromatic rings. The van der Waals surface area contributed by atoms with E-state index in [4.69, 9.17) is 4.74 Å². The molecule has 0 atom stereocenters. The smallest absolute Gasteiger partial charge is 0.201 e. The van der Waals surface area contributed by atoms with Crippen LogP contribution in [0.5, 0.6) is 5.75 Å². The van der Waals surface area contributed by atoms with Crippen molar-refractivity contribution in [1.29, 1.82) is 0 Å². The Morgan fingerprint density at radius 3 is 2.00 bits per heavy atom. The third kappa shape index (κ3) is 8.56. The van der Waals surface area contributed by atoms with Crippen molar-refractivity contribution in [2.24, 2.45) is 11.8 Å². The average Bonchev–Trinajstić information content (AvgIpc) is 2.88. The van der Waals surface area contributed by atoms with Crippen molar-refractivity contribution in [3.63, 3.8) is 0 Å². The lowest BCUT2D eigenvalue weighted by Gasteiger charge is -2.28. The van der Waals surface area contributed by atoms with Crippen LogP contribution in [0.15, 0.2) is 30.3 Å². The molecule has 1 nitrogen and oxygen atoms in total. The lowest BCUT2D eigenvalue weighted by Crippen LogP contribution is -2.15. The van der Waals surface area contributed by atoms with Gasteiger partial charge in [-0.3, -0.25) is 0 Å². The van der Waals surface area contributed by atoms with Crippen LogP contribution in [-0.2, 0) is 6.42 Å². The molecule has 1 fully saturated rings. The number of unbranched alkanes of at least 4 members (excludes halogenated alkanes) is 7. The van der Waals surface area contributed by atoms with Gasteiger partial charge < -0.3 is 4.74 Å². The Morgan fingerprint density at radius 1 is 0.722 bits per heavy atom. The van der Waals surface area contributed by atoms with Crippen LogP contribution in [0.2, 0.25) is 0 Å². The van der Waals surface area contributed by atoms with Crippen molar-refractivity contribution in [2.75, 3.05) is 6.61 Å². The standard InChI is InChI=1S/C32H45F3O/c1-3-5-6-7-8-9-10-11-12-24-13-15-25(16-14-24)17-18-26-19-20-27(23-29(26)33)28-21-22-30(36-4-2)32(35)31(28)34/h19-25H,3-18H2,1-2H3. The first-order valence-electron chi connectivity index (χ1n) is 14.4. The highest BCUT2D eigenvalue weighted by molar-refractivity contribution is 5.65. The molecule has 0 radical (unpaired) electrons. The fraction of sp³-hybridized carbons (Fsp3) is 0.625. The maximum absolute atomic E-state index is 14.8. The SMILES string of the molecule is CCCCCCCCCCC1CCC(CCc2ccc(-c3ccc(OCC)c(F)c3F)cc2F)CC1. The van der Waals surface area contributed by atoms with Crippen molar-refractivity contribution in [1.82, 2.24) is 0 Å². The minimum Gasteiger partial charge on any atom is -0.491 e. The van der Waals surface area contributed by atoms with Gasteiger partial charge in [0.05, 0.1) is 6.61 Å². The quantitative estimate of drug-likeness (QED) is 0.220. The zero-order valence-corrected chi connectivity index (χ0v) is 22.4. The van der Waals surface area contributed by atoms with E-state index in [0.717, 1.165) is 12.3 Å². The van der Waals surface area contributed by atoms with E-state index in [-0.39, 0.29) is 23.7 Å². The molecule has 0 saturated heterocycles. The first-order chi connectivity index (χ1) is 17.5. The molecule has 200 valence electrons. The molecule has 2 aromatic carbocycles. The van der Waals surface area contributed by atoms with Gasteiger partial charge in [-0.15, -0.1) is 0 Å². The lowest BCUT2D eigenvalue weighted by molar-refractivity contribution is 0.248. The van der Waals surface area contributed by atoms with E-state index in [0.29, 0.717) is 23.5 Å². The fourth-order valence-electron chi connectivity index (χ4n) is 5.67. The van der Waals surface area contributed by atoms with Crippen LogP contribution in [-0.4, -0.2) is 6.61 Å². The molecule has 3 rings (SSSR count). The van der Waals surface area contributed by atoms with Gasteiger partial charge in [0, 0.05) is 5.56 Å². The molecular formula is C32H45F3O.